The van der Waals surface area contributed by atoms with E-state index in [0.29, 0.717) is 6.54 Å². The zero-order valence-corrected chi connectivity index (χ0v) is 6.92. The molecule has 0 aromatic rings. The second-order valence-electron chi connectivity index (χ2n) is 3.55. The number of rotatable bonds is 2. The van der Waals surface area contributed by atoms with Crippen LogP contribution < -0.4 is 5.73 Å². The van der Waals surface area contributed by atoms with Gasteiger partial charge in [-0.15, -0.1) is 0 Å². The molecule has 2 rings (SSSR count). The zero-order valence-electron chi connectivity index (χ0n) is 6.92. The topological polar surface area (TPSA) is 29.3 Å². The average Bonchev–Trinajstić information content (AvgIpc) is 2.75. The molecule has 0 aromatic carbocycles. The van der Waals surface area contributed by atoms with E-state index in [1.165, 1.54) is 32.4 Å². The highest BCUT2D eigenvalue weighted by atomic mass is 15.2. The average molecular weight is 152 g/mol. The third kappa shape index (κ3) is 1.63. The van der Waals surface area contributed by atoms with Gasteiger partial charge in [-0.3, -0.25) is 4.90 Å². The Hall–Kier alpha value is -0.340. The van der Waals surface area contributed by atoms with E-state index in [9.17, 15) is 0 Å². The normalized spacial score (nSPS) is 30.1. The number of hydrogen-bond acceptors (Lipinski definition) is 2. The Morgan fingerprint density at radius 2 is 2.36 bits per heavy atom. The predicted octanol–water partition coefficient (Wildman–Crippen LogP) is 0.740. The Morgan fingerprint density at radius 1 is 1.55 bits per heavy atom. The van der Waals surface area contributed by atoms with Gasteiger partial charge in [-0.25, -0.2) is 0 Å². The van der Waals surface area contributed by atoms with E-state index in [2.05, 4.69) is 11.0 Å². The van der Waals surface area contributed by atoms with Crippen molar-refractivity contribution in [3.8, 4) is 0 Å². The molecule has 2 aliphatic rings. The Balaban J connectivity index is 1.87. The largest absolute Gasteiger partial charge is 0.327 e. The van der Waals surface area contributed by atoms with Crippen molar-refractivity contribution in [2.75, 3.05) is 19.6 Å². The van der Waals surface area contributed by atoms with Gasteiger partial charge in [-0.1, -0.05) is 11.6 Å². The Morgan fingerprint density at radius 3 is 3.00 bits per heavy atom. The molecular formula is C9H16N2. The van der Waals surface area contributed by atoms with E-state index in [-0.39, 0.29) is 0 Å². The lowest BCUT2D eigenvalue weighted by molar-refractivity contribution is 0.334. The molecule has 11 heavy (non-hydrogen) atoms. The van der Waals surface area contributed by atoms with Crippen molar-refractivity contribution in [1.29, 1.82) is 0 Å². The minimum atomic E-state index is 0.716. The summed E-state index contributed by atoms with van der Waals surface area (Å²) in [6.45, 7) is 3.19. The van der Waals surface area contributed by atoms with E-state index < -0.39 is 0 Å². The molecule has 1 heterocycles. The van der Waals surface area contributed by atoms with Crippen LogP contribution in [0.25, 0.3) is 0 Å². The van der Waals surface area contributed by atoms with Gasteiger partial charge in [0.15, 0.2) is 0 Å². The van der Waals surface area contributed by atoms with Gasteiger partial charge in [0.1, 0.15) is 0 Å². The smallest absolute Gasteiger partial charge is 0.0196 e. The zero-order chi connectivity index (χ0) is 7.68. The van der Waals surface area contributed by atoms with Gasteiger partial charge in [0, 0.05) is 25.7 Å². The van der Waals surface area contributed by atoms with Crippen LogP contribution in [0, 0.1) is 0 Å². The summed E-state index contributed by atoms with van der Waals surface area (Å²) in [5.41, 5.74) is 7.01. The molecule has 0 aromatic heterocycles. The first-order valence-corrected chi connectivity index (χ1v) is 4.52. The van der Waals surface area contributed by atoms with Crippen molar-refractivity contribution in [2.45, 2.75) is 25.3 Å². The van der Waals surface area contributed by atoms with E-state index in [4.69, 9.17) is 5.73 Å². The highest BCUT2D eigenvalue weighted by Gasteiger charge is 2.31. The summed E-state index contributed by atoms with van der Waals surface area (Å²) < 4.78 is 0. The Kier molecular flexibility index (Phi) is 1.96. The lowest BCUT2D eigenvalue weighted by Gasteiger charge is -2.11. The molecule has 2 nitrogen and oxygen atoms in total. The minimum Gasteiger partial charge on any atom is -0.327 e. The molecule has 0 bridgehead atoms. The van der Waals surface area contributed by atoms with E-state index in [0.717, 1.165) is 6.04 Å². The molecule has 2 fully saturated rings. The maximum atomic E-state index is 5.45. The van der Waals surface area contributed by atoms with Crippen LogP contribution >= 0.6 is 0 Å². The van der Waals surface area contributed by atoms with Crippen LogP contribution in [0.2, 0.25) is 0 Å². The summed E-state index contributed by atoms with van der Waals surface area (Å²) in [5, 5.41) is 0. The first-order chi connectivity index (χ1) is 5.40. The van der Waals surface area contributed by atoms with Crippen LogP contribution in [0.3, 0.4) is 0 Å². The minimum absolute atomic E-state index is 0.716. The van der Waals surface area contributed by atoms with Crippen molar-refractivity contribution in [2.24, 2.45) is 5.73 Å². The molecule has 1 aliphatic carbocycles. The maximum Gasteiger partial charge on any atom is 0.0196 e. The highest BCUT2D eigenvalue weighted by molar-refractivity contribution is 5.12. The van der Waals surface area contributed by atoms with Crippen LogP contribution in [-0.4, -0.2) is 30.6 Å². The summed E-state index contributed by atoms with van der Waals surface area (Å²) in [4.78, 5) is 2.58. The van der Waals surface area contributed by atoms with Crippen molar-refractivity contribution in [1.82, 2.24) is 4.90 Å². The summed E-state index contributed by atoms with van der Waals surface area (Å²) in [6, 6.07) is 0.929. The molecular weight excluding hydrogens is 136 g/mol. The SMILES string of the molecule is NC/C=C1/CCN(C2CC2)C1. The number of nitrogens with two attached hydrogens (primary N) is 1. The summed E-state index contributed by atoms with van der Waals surface area (Å²) in [5.74, 6) is 0. The first kappa shape index (κ1) is 7.32. The molecule has 0 atom stereocenters. The second kappa shape index (κ2) is 2.95. The lowest BCUT2D eigenvalue weighted by atomic mass is 10.2. The van der Waals surface area contributed by atoms with Crippen LogP contribution in [0.1, 0.15) is 19.3 Å². The summed E-state index contributed by atoms with van der Waals surface area (Å²) in [6.07, 6.45) is 6.29. The summed E-state index contributed by atoms with van der Waals surface area (Å²) >= 11 is 0. The van der Waals surface area contributed by atoms with Gasteiger partial charge in [0.05, 0.1) is 0 Å². The third-order valence-electron chi connectivity index (χ3n) is 2.60. The fraction of sp³-hybridized carbons (Fsp3) is 0.778. The van der Waals surface area contributed by atoms with Crippen LogP contribution in [-0.2, 0) is 0 Å². The van der Waals surface area contributed by atoms with E-state index >= 15 is 0 Å². The van der Waals surface area contributed by atoms with Crippen molar-refractivity contribution in [3.63, 3.8) is 0 Å². The monoisotopic (exact) mass is 152 g/mol. The van der Waals surface area contributed by atoms with Crippen molar-refractivity contribution >= 4 is 0 Å². The van der Waals surface area contributed by atoms with Gasteiger partial charge in [0.2, 0.25) is 0 Å². The summed E-state index contributed by atoms with van der Waals surface area (Å²) in [7, 11) is 0. The standard InChI is InChI=1S/C9H16N2/c10-5-3-8-4-6-11(7-8)9-1-2-9/h3,9H,1-2,4-7,10H2/b8-3-. The molecule has 2 heteroatoms. The van der Waals surface area contributed by atoms with Gasteiger partial charge in [-0.05, 0) is 19.3 Å². The number of likely N-dealkylation sites (tertiary alicyclic amines) is 1. The van der Waals surface area contributed by atoms with E-state index in [1.54, 1.807) is 5.57 Å². The number of nitrogens with zero attached hydrogens (tertiary/aromatic N) is 1. The van der Waals surface area contributed by atoms with Gasteiger partial charge < -0.3 is 5.73 Å². The maximum absolute atomic E-state index is 5.45. The van der Waals surface area contributed by atoms with Crippen molar-refractivity contribution in [3.05, 3.63) is 11.6 Å². The Bertz CT molecular complexity index is 170. The molecule has 1 saturated heterocycles. The van der Waals surface area contributed by atoms with Gasteiger partial charge in [0.25, 0.3) is 0 Å². The fourth-order valence-corrected chi connectivity index (χ4v) is 1.79. The molecule has 1 aliphatic heterocycles. The molecule has 0 spiro atoms. The van der Waals surface area contributed by atoms with Crippen LogP contribution in [0.5, 0.6) is 0 Å². The second-order valence-corrected chi connectivity index (χ2v) is 3.55. The number of hydrogen-bond donors (Lipinski definition) is 1. The van der Waals surface area contributed by atoms with Gasteiger partial charge in [-0.2, -0.15) is 0 Å². The lowest BCUT2D eigenvalue weighted by Crippen LogP contribution is -2.21. The first-order valence-electron chi connectivity index (χ1n) is 4.52. The molecule has 1 saturated carbocycles. The fourth-order valence-electron chi connectivity index (χ4n) is 1.79. The molecule has 0 radical (unpaired) electrons. The van der Waals surface area contributed by atoms with Crippen LogP contribution in [0.15, 0.2) is 11.6 Å². The third-order valence-corrected chi connectivity index (χ3v) is 2.60. The highest BCUT2D eigenvalue weighted by Crippen LogP contribution is 2.31. The van der Waals surface area contributed by atoms with Crippen molar-refractivity contribution < 1.29 is 0 Å². The van der Waals surface area contributed by atoms with Crippen LogP contribution in [0.4, 0.5) is 0 Å². The molecule has 0 unspecified atom stereocenters. The predicted molar refractivity (Wildman–Crippen MR) is 46.3 cm³/mol. The molecule has 2 N–H and O–H groups in total. The molecule has 0 amide bonds. The Labute approximate surface area is 68.1 Å². The van der Waals surface area contributed by atoms with E-state index in [1.807, 2.05) is 0 Å². The quantitative estimate of drug-likeness (QED) is 0.591. The molecule has 62 valence electrons. The van der Waals surface area contributed by atoms with Gasteiger partial charge >= 0.3 is 0 Å².